The second-order valence-corrected chi connectivity index (χ2v) is 4.46. The maximum Gasteiger partial charge on any atom is 0.341 e. The van der Waals surface area contributed by atoms with Gasteiger partial charge in [0.1, 0.15) is 12.1 Å². The molecule has 2 rings (SSSR count). The number of esters is 2. The van der Waals surface area contributed by atoms with Crippen LogP contribution in [0.25, 0.3) is 10.9 Å². The SMILES string of the molecule is CCOC(=O)CNn1cc(C(=O)OC)c2[nH]c(=O)ccc2c1=O. The number of pyridine rings is 2. The summed E-state index contributed by atoms with van der Waals surface area (Å²) in [5.41, 5.74) is 1.62. The van der Waals surface area contributed by atoms with E-state index < -0.39 is 23.1 Å². The molecule has 0 aromatic carbocycles. The van der Waals surface area contributed by atoms with E-state index in [-0.39, 0.29) is 29.6 Å². The van der Waals surface area contributed by atoms with Crippen LogP contribution >= 0.6 is 0 Å². The monoisotopic (exact) mass is 321 g/mol. The van der Waals surface area contributed by atoms with Crippen molar-refractivity contribution < 1.29 is 19.1 Å². The zero-order valence-electron chi connectivity index (χ0n) is 12.5. The van der Waals surface area contributed by atoms with Gasteiger partial charge in [0, 0.05) is 12.3 Å². The molecule has 2 aromatic rings. The predicted molar refractivity (Wildman–Crippen MR) is 81.0 cm³/mol. The fourth-order valence-electron chi connectivity index (χ4n) is 1.99. The van der Waals surface area contributed by atoms with Crippen molar-refractivity contribution in [2.75, 3.05) is 25.7 Å². The third kappa shape index (κ3) is 3.39. The Morgan fingerprint density at radius 1 is 1.30 bits per heavy atom. The summed E-state index contributed by atoms with van der Waals surface area (Å²) in [4.78, 5) is 49.5. The number of hydrogen-bond donors (Lipinski definition) is 2. The molecule has 0 aliphatic heterocycles. The van der Waals surface area contributed by atoms with Crippen molar-refractivity contribution in [2.24, 2.45) is 0 Å². The third-order valence-electron chi connectivity index (χ3n) is 3.00. The summed E-state index contributed by atoms with van der Waals surface area (Å²) >= 11 is 0. The van der Waals surface area contributed by atoms with Crippen LogP contribution in [0.15, 0.2) is 27.9 Å². The number of fused-ring (bicyclic) bond motifs is 1. The zero-order chi connectivity index (χ0) is 17.0. The fraction of sp³-hybridized carbons (Fsp3) is 0.286. The molecule has 9 heteroatoms. The lowest BCUT2D eigenvalue weighted by Gasteiger charge is -2.12. The summed E-state index contributed by atoms with van der Waals surface area (Å²) in [5, 5.41) is 0.101. The summed E-state index contributed by atoms with van der Waals surface area (Å²) in [5.74, 6) is -1.29. The molecule has 0 spiro atoms. The van der Waals surface area contributed by atoms with E-state index >= 15 is 0 Å². The number of carbonyl (C=O) groups is 2. The Morgan fingerprint density at radius 2 is 2.04 bits per heavy atom. The van der Waals surface area contributed by atoms with Gasteiger partial charge in [0.2, 0.25) is 5.56 Å². The standard InChI is InChI=1S/C14H15N3O6/c1-3-23-11(19)6-15-17-7-9(14(21)22-2)12-8(13(17)20)4-5-10(18)16-12/h4-5,7,15H,3,6H2,1-2H3,(H,16,18). The van der Waals surface area contributed by atoms with Crippen LogP contribution in [0.1, 0.15) is 17.3 Å². The van der Waals surface area contributed by atoms with Gasteiger partial charge in [0.15, 0.2) is 0 Å². The molecule has 0 unspecified atom stereocenters. The first-order chi connectivity index (χ1) is 11.0. The minimum Gasteiger partial charge on any atom is -0.465 e. The van der Waals surface area contributed by atoms with Gasteiger partial charge in [-0.3, -0.25) is 14.4 Å². The van der Waals surface area contributed by atoms with Crippen LogP contribution in [0.2, 0.25) is 0 Å². The van der Waals surface area contributed by atoms with Crippen LogP contribution in [-0.2, 0) is 14.3 Å². The highest BCUT2D eigenvalue weighted by Gasteiger charge is 2.16. The van der Waals surface area contributed by atoms with Crippen LogP contribution in [0.5, 0.6) is 0 Å². The lowest BCUT2D eigenvalue weighted by molar-refractivity contribution is -0.141. The van der Waals surface area contributed by atoms with E-state index in [2.05, 4.69) is 15.1 Å². The first-order valence-electron chi connectivity index (χ1n) is 6.74. The van der Waals surface area contributed by atoms with E-state index in [9.17, 15) is 19.2 Å². The molecule has 0 bridgehead atoms. The molecular weight excluding hydrogens is 306 g/mol. The average Bonchev–Trinajstić information content (AvgIpc) is 2.53. The molecule has 0 aliphatic rings. The number of aromatic nitrogens is 2. The van der Waals surface area contributed by atoms with Crippen LogP contribution in [0, 0.1) is 0 Å². The first kappa shape index (κ1) is 16.3. The number of ether oxygens (including phenoxy) is 2. The van der Waals surface area contributed by atoms with Crippen molar-refractivity contribution >= 4 is 22.8 Å². The minimum atomic E-state index is -0.733. The summed E-state index contributed by atoms with van der Waals surface area (Å²) in [6, 6.07) is 2.46. The van der Waals surface area contributed by atoms with E-state index in [1.54, 1.807) is 6.92 Å². The van der Waals surface area contributed by atoms with Gasteiger partial charge < -0.3 is 19.9 Å². The predicted octanol–water partition coefficient (Wildman–Crippen LogP) is -0.417. The van der Waals surface area contributed by atoms with Crippen LogP contribution in [0.4, 0.5) is 0 Å². The van der Waals surface area contributed by atoms with E-state index in [1.807, 2.05) is 0 Å². The number of methoxy groups -OCH3 is 1. The molecular formula is C14H15N3O6. The average molecular weight is 321 g/mol. The Bertz CT molecular complexity index is 867. The van der Waals surface area contributed by atoms with Gasteiger partial charge in [-0.1, -0.05) is 0 Å². The van der Waals surface area contributed by atoms with Crippen molar-refractivity contribution in [3.63, 3.8) is 0 Å². The van der Waals surface area contributed by atoms with Crippen molar-refractivity contribution in [3.8, 4) is 0 Å². The number of aromatic amines is 1. The van der Waals surface area contributed by atoms with E-state index in [0.717, 1.165) is 10.9 Å². The Hall–Kier alpha value is -3.10. The molecule has 0 saturated carbocycles. The molecule has 2 heterocycles. The summed E-state index contributed by atoms with van der Waals surface area (Å²) in [6.07, 6.45) is 1.16. The summed E-state index contributed by atoms with van der Waals surface area (Å²) in [6.45, 7) is 1.61. The first-order valence-corrected chi connectivity index (χ1v) is 6.74. The van der Waals surface area contributed by atoms with Gasteiger partial charge in [-0.05, 0) is 13.0 Å². The maximum atomic E-state index is 12.3. The third-order valence-corrected chi connectivity index (χ3v) is 3.00. The molecule has 0 radical (unpaired) electrons. The Balaban J connectivity index is 2.54. The highest BCUT2D eigenvalue weighted by Crippen LogP contribution is 2.11. The molecule has 9 nitrogen and oxygen atoms in total. The highest BCUT2D eigenvalue weighted by molar-refractivity contribution is 6.01. The highest BCUT2D eigenvalue weighted by atomic mass is 16.5. The Kier molecular flexibility index (Phi) is 4.79. The molecule has 0 saturated heterocycles. The van der Waals surface area contributed by atoms with Crippen LogP contribution in [-0.4, -0.2) is 41.9 Å². The largest absolute Gasteiger partial charge is 0.465 e. The summed E-state index contributed by atoms with van der Waals surface area (Å²) in [7, 11) is 1.18. The molecule has 122 valence electrons. The normalized spacial score (nSPS) is 10.3. The molecule has 23 heavy (non-hydrogen) atoms. The number of rotatable bonds is 5. The molecule has 0 atom stereocenters. The smallest absolute Gasteiger partial charge is 0.341 e. The lowest BCUT2D eigenvalue weighted by Crippen LogP contribution is -2.34. The minimum absolute atomic E-state index is 0.0174. The Labute approximate surface area is 129 Å². The van der Waals surface area contributed by atoms with Crippen molar-refractivity contribution in [1.29, 1.82) is 0 Å². The van der Waals surface area contributed by atoms with Gasteiger partial charge >= 0.3 is 11.9 Å². The van der Waals surface area contributed by atoms with Gasteiger partial charge in [0.05, 0.1) is 24.6 Å². The number of H-pyrrole nitrogens is 1. The topological polar surface area (TPSA) is 119 Å². The molecule has 2 N–H and O–H groups in total. The lowest BCUT2D eigenvalue weighted by atomic mass is 10.2. The molecule has 0 aliphatic carbocycles. The number of nitrogens with one attached hydrogen (secondary N) is 2. The fourth-order valence-corrected chi connectivity index (χ4v) is 1.99. The number of hydrogen-bond acceptors (Lipinski definition) is 7. The van der Waals surface area contributed by atoms with Crippen LogP contribution < -0.4 is 16.5 Å². The molecule has 0 fully saturated rings. The van der Waals surface area contributed by atoms with Gasteiger partial charge in [-0.15, -0.1) is 0 Å². The number of carbonyl (C=O) groups excluding carboxylic acids is 2. The molecule has 0 amide bonds. The zero-order valence-corrected chi connectivity index (χ0v) is 12.5. The van der Waals surface area contributed by atoms with Gasteiger partial charge in [-0.25, -0.2) is 9.47 Å². The summed E-state index contributed by atoms with van der Waals surface area (Å²) < 4.78 is 10.4. The van der Waals surface area contributed by atoms with E-state index in [4.69, 9.17) is 4.74 Å². The molecule has 2 aromatic heterocycles. The van der Waals surface area contributed by atoms with Crippen molar-refractivity contribution in [2.45, 2.75) is 6.92 Å². The maximum absolute atomic E-state index is 12.3. The second kappa shape index (κ2) is 6.77. The second-order valence-electron chi connectivity index (χ2n) is 4.46. The van der Waals surface area contributed by atoms with Crippen molar-refractivity contribution in [1.82, 2.24) is 9.66 Å². The van der Waals surface area contributed by atoms with E-state index in [1.165, 1.54) is 19.2 Å². The van der Waals surface area contributed by atoms with Gasteiger partial charge in [0.25, 0.3) is 5.56 Å². The van der Waals surface area contributed by atoms with Crippen molar-refractivity contribution in [3.05, 3.63) is 44.6 Å². The quantitative estimate of drug-likeness (QED) is 0.718. The number of nitrogens with zero attached hydrogens (tertiary/aromatic N) is 1. The van der Waals surface area contributed by atoms with Crippen LogP contribution in [0.3, 0.4) is 0 Å². The van der Waals surface area contributed by atoms with Gasteiger partial charge in [-0.2, -0.15) is 0 Å². The Morgan fingerprint density at radius 3 is 2.70 bits per heavy atom. The van der Waals surface area contributed by atoms with E-state index in [0.29, 0.717) is 0 Å².